The number of nitrogens with one attached hydrogen (secondary N) is 2. The van der Waals surface area contributed by atoms with Gasteiger partial charge in [0.2, 0.25) is 0 Å². The summed E-state index contributed by atoms with van der Waals surface area (Å²) in [6, 6.07) is 4.65. The summed E-state index contributed by atoms with van der Waals surface area (Å²) in [5.74, 6) is 0.500. The molecule has 2 aliphatic heterocycles. The molecule has 2 atom stereocenters. The first-order valence-corrected chi connectivity index (χ1v) is 12.4. The summed E-state index contributed by atoms with van der Waals surface area (Å²) in [6.07, 6.45) is 11.5. The topological polar surface area (TPSA) is 69.7 Å². The number of hydrogen-bond acceptors (Lipinski definition) is 5. The Morgan fingerprint density at radius 3 is 2.56 bits per heavy atom. The van der Waals surface area contributed by atoms with Crippen LogP contribution in [0, 0.1) is 0 Å². The van der Waals surface area contributed by atoms with Crippen molar-refractivity contribution < 1.29 is 0 Å². The lowest BCUT2D eigenvalue weighted by molar-refractivity contribution is 0.447. The monoisotopic (exact) mass is 436 g/mol. The Hall–Kier alpha value is -2.47. The summed E-state index contributed by atoms with van der Waals surface area (Å²) in [7, 11) is 0. The minimum atomic E-state index is 0.398. The maximum Gasteiger partial charge on any atom is 0.139 e. The van der Waals surface area contributed by atoms with Gasteiger partial charge in [-0.1, -0.05) is 40.5 Å². The van der Waals surface area contributed by atoms with Crippen molar-refractivity contribution in [3.8, 4) is 0 Å². The normalized spacial score (nSPS) is 20.0. The predicted molar refractivity (Wildman–Crippen MR) is 134 cm³/mol. The van der Waals surface area contributed by atoms with Crippen molar-refractivity contribution in [2.45, 2.75) is 85.2 Å². The zero-order valence-corrected chi connectivity index (χ0v) is 20.5. The van der Waals surface area contributed by atoms with Gasteiger partial charge in [-0.2, -0.15) is 0 Å². The van der Waals surface area contributed by atoms with Crippen molar-refractivity contribution in [1.82, 2.24) is 25.3 Å². The van der Waals surface area contributed by atoms with E-state index in [2.05, 4.69) is 71.9 Å². The molecule has 0 saturated carbocycles. The first-order valence-electron chi connectivity index (χ1n) is 12.4. The third kappa shape index (κ3) is 5.47. The number of pyridine rings is 1. The zero-order valence-electron chi connectivity index (χ0n) is 20.5. The lowest BCUT2D eigenvalue weighted by Crippen LogP contribution is -2.40. The summed E-state index contributed by atoms with van der Waals surface area (Å²) >= 11 is 0. The van der Waals surface area contributed by atoms with Gasteiger partial charge in [-0.05, 0) is 38.4 Å². The van der Waals surface area contributed by atoms with E-state index in [1.54, 1.807) is 6.33 Å². The Morgan fingerprint density at radius 2 is 1.84 bits per heavy atom. The molecule has 1 saturated heterocycles. The van der Waals surface area contributed by atoms with Crippen LogP contribution in [-0.4, -0.2) is 39.1 Å². The molecule has 3 aromatic heterocycles. The second-order valence-corrected chi connectivity index (χ2v) is 8.89. The van der Waals surface area contributed by atoms with Crippen molar-refractivity contribution in [1.29, 1.82) is 0 Å². The molecular weight excluding hydrogens is 396 g/mol. The van der Waals surface area contributed by atoms with E-state index >= 15 is 0 Å². The van der Waals surface area contributed by atoms with Crippen LogP contribution in [0.2, 0.25) is 0 Å². The summed E-state index contributed by atoms with van der Waals surface area (Å²) in [6.45, 7) is 13.8. The Labute approximate surface area is 193 Å². The van der Waals surface area contributed by atoms with E-state index in [0.29, 0.717) is 12.0 Å². The smallest absolute Gasteiger partial charge is 0.139 e. The standard InChI is InChI=1S/C20H24N6.2C3H8/c1-13-9-17-16(19(25-12-24-17)14-3-2-6-21-10-14)11-26(13)18-5-8-23-20-15(18)4-7-22-20;2*1-3-2/h4-5,7-8,12-14,21H,2-3,6,9-11H2,1H3,(H,22,23);2*3H2,1-2H3. The number of anilines is 1. The van der Waals surface area contributed by atoms with Crippen LogP contribution in [0.3, 0.4) is 0 Å². The summed E-state index contributed by atoms with van der Waals surface area (Å²) in [4.78, 5) is 19.5. The Morgan fingerprint density at radius 1 is 1.06 bits per heavy atom. The third-order valence-corrected chi connectivity index (χ3v) is 5.85. The largest absolute Gasteiger partial charge is 0.363 e. The highest BCUT2D eigenvalue weighted by atomic mass is 15.2. The van der Waals surface area contributed by atoms with Crippen molar-refractivity contribution in [3.05, 3.63) is 47.8 Å². The number of nitrogens with zero attached hydrogens (tertiary/aromatic N) is 4. The molecule has 3 aromatic rings. The minimum absolute atomic E-state index is 0.398. The number of aromatic nitrogens is 4. The molecule has 2 aliphatic rings. The van der Waals surface area contributed by atoms with E-state index < -0.39 is 0 Å². The lowest BCUT2D eigenvalue weighted by atomic mass is 9.88. The lowest BCUT2D eigenvalue weighted by Gasteiger charge is -2.38. The molecule has 0 aliphatic carbocycles. The molecule has 0 aromatic carbocycles. The number of hydrogen-bond donors (Lipinski definition) is 2. The van der Waals surface area contributed by atoms with E-state index in [1.165, 1.54) is 53.7 Å². The fourth-order valence-corrected chi connectivity index (χ4v) is 4.49. The number of H-pyrrole nitrogens is 1. The van der Waals surface area contributed by atoms with Crippen molar-refractivity contribution >= 4 is 16.7 Å². The predicted octanol–water partition coefficient (Wildman–Crippen LogP) is 5.60. The van der Waals surface area contributed by atoms with Crippen LogP contribution < -0.4 is 10.2 Å². The van der Waals surface area contributed by atoms with E-state index in [4.69, 9.17) is 4.98 Å². The Balaban J connectivity index is 0.000000437. The van der Waals surface area contributed by atoms with Gasteiger partial charge in [0.1, 0.15) is 12.0 Å². The Kier molecular flexibility index (Phi) is 9.03. The molecule has 6 nitrogen and oxygen atoms in total. The van der Waals surface area contributed by atoms with E-state index in [-0.39, 0.29) is 0 Å². The third-order valence-electron chi connectivity index (χ3n) is 5.85. The molecule has 2 N–H and O–H groups in total. The summed E-state index contributed by atoms with van der Waals surface area (Å²) in [5.41, 5.74) is 5.99. The fraction of sp³-hybridized carbons (Fsp3) is 0.577. The number of aromatic amines is 1. The molecule has 2 unspecified atom stereocenters. The van der Waals surface area contributed by atoms with E-state index in [9.17, 15) is 0 Å². The second kappa shape index (κ2) is 12.0. The molecular formula is C26H40N6. The van der Waals surface area contributed by atoms with Crippen LogP contribution in [0.5, 0.6) is 0 Å². The molecule has 174 valence electrons. The average molecular weight is 437 g/mol. The molecule has 0 spiro atoms. The van der Waals surface area contributed by atoms with Gasteiger partial charge in [0, 0.05) is 60.5 Å². The Bertz CT molecular complexity index is 958. The maximum atomic E-state index is 4.72. The van der Waals surface area contributed by atoms with Gasteiger partial charge in [-0.25, -0.2) is 15.0 Å². The van der Waals surface area contributed by atoms with Gasteiger partial charge < -0.3 is 15.2 Å². The number of piperidine rings is 1. The van der Waals surface area contributed by atoms with Gasteiger partial charge in [0.15, 0.2) is 0 Å². The molecule has 6 heteroatoms. The van der Waals surface area contributed by atoms with Gasteiger partial charge in [-0.3, -0.25) is 0 Å². The maximum absolute atomic E-state index is 4.72. The van der Waals surface area contributed by atoms with Gasteiger partial charge in [0.25, 0.3) is 0 Å². The number of fused-ring (bicyclic) bond motifs is 2. The molecule has 0 amide bonds. The quantitative estimate of drug-likeness (QED) is 0.547. The van der Waals surface area contributed by atoms with Gasteiger partial charge >= 0.3 is 0 Å². The van der Waals surface area contributed by atoms with E-state index in [0.717, 1.165) is 31.7 Å². The second-order valence-electron chi connectivity index (χ2n) is 8.89. The van der Waals surface area contributed by atoms with Crippen LogP contribution in [-0.2, 0) is 13.0 Å². The van der Waals surface area contributed by atoms with E-state index in [1.807, 2.05) is 12.4 Å². The van der Waals surface area contributed by atoms with Crippen molar-refractivity contribution in [2.75, 3.05) is 18.0 Å². The highest BCUT2D eigenvalue weighted by Gasteiger charge is 2.30. The molecule has 5 rings (SSSR count). The van der Waals surface area contributed by atoms with Crippen LogP contribution >= 0.6 is 0 Å². The number of rotatable bonds is 2. The molecule has 5 heterocycles. The SMILES string of the molecule is CC1Cc2ncnc(C3CCCNC3)c2CN1c1ccnc2[nH]ccc12.CCC.CCC. The van der Waals surface area contributed by atoms with Crippen LogP contribution in [0.15, 0.2) is 30.9 Å². The summed E-state index contributed by atoms with van der Waals surface area (Å²) < 4.78 is 0. The average Bonchev–Trinajstić information content (AvgIpc) is 3.29. The first kappa shape index (κ1) is 24.2. The van der Waals surface area contributed by atoms with Crippen molar-refractivity contribution in [3.63, 3.8) is 0 Å². The van der Waals surface area contributed by atoms with Crippen LogP contribution in [0.4, 0.5) is 5.69 Å². The molecule has 0 bridgehead atoms. The first-order chi connectivity index (χ1) is 15.6. The molecule has 1 fully saturated rings. The van der Waals surface area contributed by atoms with Gasteiger partial charge in [0.05, 0.1) is 11.4 Å². The highest BCUT2D eigenvalue weighted by Crippen LogP contribution is 2.35. The zero-order chi connectivity index (χ0) is 22.9. The molecule has 0 radical (unpaired) electrons. The van der Waals surface area contributed by atoms with Crippen LogP contribution in [0.25, 0.3) is 11.0 Å². The summed E-state index contributed by atoms with van der Waals surface area (Å²) in [5, 5.41) is 4.71. The molecule has 32 heavy (non-hydrogen) atoms. The highest BCUT2D eigenvalue weighted by molar-refractivity contribution is 5.90. The van der Waals surface area contributed by atoms with Crippen LogP contribution in [0.1, 0.15) is 83.2 Å². The van der Waals surface area contributed by atoms with Gasteiger partial charge in [-0.15, -0.1) is 0 Å². The van der Waals surface area contributed by atoms with Crippen molar-refractivity contribution in [2.24, 2.45) is 0 Å². The fourth-order valence-electron chi connectivity index (χ4n) is 4.49. The minimum Gasteiger partial charge on any atom is -0.363 e.